The van der Waals surface area contributed by atoms with Crippen molar-refractivity contribution in [1.29, 1.82) is 5.26 Å². The Bertz CT molecular complexity index is 1080. The van der Waals surface area contributed by atoms with E-state index in [0.717, 1.165) is 0 Å². The highest BCUT2D eigenvalue weighted by atomic mass is 16.2. The largest absolute Gasteiger partial charge is 0.343 e. The number of piperidine rings is 1. The van der Waals surface area contributed by atoms with Gasteiger partial charge >= 0.3 is 0 Å². The summed E-state index contributed by atoms with van der Waals surface area (Å²) >= 11 is 0. The predicted octanol–water partition coefficient (Wildman–Crippen LogP) is 0.398. The van der Waals surface area contributed by atoms with Crippen molar-refractivity contribution in [2.45, 2.75) is 52.1 Å². The lowest BCUT2D eigenvalue weighted by Crippen LogP contribution is -2.71. The number of hydrogen-bond acceptors (Lipinski definition) is 8. The molecule has 1 atom stereocenters. The van der Waals surface area contributed by atoms with Crippen LogP contribution in [0.2, 0.25) is 0 Å². The Balaban J connectivity index is 1.47. The minimum atomic E-state index is -0.952. The van der Waals surface area contributed by atoms with E-state index in [-0.39, 0.29) is 35.4 Å². The molecular weight excluding hydrogens is 436 g/mol. The Morgan fingerprint density at radius 2 is 2.00 bits per heavy atom. The molecule has 2 fully saturated rings. The summed E-state index contributed by atoms with van der Waals surface area (Å²) < 4.78 is 0. The Morgan fingerprint density at radius 3 is 2.65 bits per heavy atom. The lowest BCUT2D eigenvalue weighted by molar-refractivity contribution is -0.145. The first-order chi connectivity index (χ1) is 16.0. The summed E-state index contributed by atoms with van der Waals surface area (Å²) in [6, 6.07) is 1.47. The highest BCUT2D eigenvalue weighted by Crippen LogP contribution is 2.30. The van der Waals surface area contributed by atoms with E-state index in [4.69, 9.17) is 0 Å². The van der Waals surface area contributed by atoms with Crippen LogP contribution in [0, 0.1) is 16.7 Å². The van der Waals surface area contributed by atoms with E-state index in [2.05, 4.69) is 41.4 Å². The number of amides is 3. The number of anilines is 1. The summed E-state index contributed by atoms with van der Waals surface area (Å²) in [5.74, 6) is 0.0532. The zero-order valence-electron chi connectivity index (χ0n) is 20.0. The van der Waals surface area contributed by atoms with E-state index < -0.39 is 11.6 Å². The Labute approximate surface area is 198 Å². The van der Waals surface area contributed by atoms with Gasteiger partial charge in [-0.15, -0.1) is 0 Å². The second-order valence-corrected chi connectivity index (χ2v) is 10.3. The smallest absolute Gasteiger partial charge is 0.246 e. The number of hydrogen-bond donors (Lipinski definition) is 2. The molecule has 2 saturated heterocycles. The van der Waals surface area contributed by atoms with Crippen LogP contribution in [0.3, 0.4) is 0 Å². The highest BCUT2D eigenvalue weighted by molar-refractivity contribution is 5.99. The number of rotatable bonds is 3. The number of nitriles is 1. The van der Waals surface area contributed by atoms with Gasteiger partial charge in [0.15, 0.2) is 11.5 Å². The number of carbonyl (C=O) groups excluding carboxylic acids is 3. The fourth-order valence-electron chi connectivity index (χ4n) is 4.39. The average Bonchev–Trinajstić information content (AvgIpc) is 2.78. The second-order valence-electron chi connectivity index (χ2n) is 10.3. The molecule has 0 aromatic carbocycles. The van der Waals surface area contributed by atoms with Crippen LogP contribution in [-0.2, 0) is 14.4 Å². The Hall–Kier alpha value is -3.68. The first kappa shape index (κ1) is 23.5. The van der Waals surface area contributed by atoms with Gasteiger partial charge in [-0.05, 0) is 31.3 Å². The quantitative estimate of drug-likeness (QED) is 0.654. The zero-order valence-corrected chi connectivity index (χ0v) is 20.0. The summed E-state index contributed by atoms with van der Waals surface area (Å²) in [4.78, 5) is 48.4. The van der Waals surface area contributed by atoms with Gasteiger partial charge in [0.25, 0.3) is 0 Å². The summed E-state index contributed by atoms with van der Waals surface area (Å²) in [5, 5.41) is 18.6. The maximum atomic E-state index is 13.2. The Kier molecular flexibility index (Phi) is 5.93. The standard InChI is InChI=1S/C23H30N8O3/c1-15-20(33)28-23(21(34)26-15)6-9-29(10-7-23)18(32)13-30-8-5-17-19(27-16(11-24)12-25-17)31(30)14-22(2,3)4/h5,8,12,15H,6-7,9-10,13-14H2,1-4H3,(H,26,34)(H,28,33). The molecule has 3 amide bonds. The SMILES string of the molecule is CC1NC(=O)C2(CCN(C(=O)CN3C=Cc4ncc(C#N)nc4N3CC(C)(C)C)CC2)NC1=O. The maximum absolute atomic E-state index is 13.2. The van der Waals surface area contributed by atoms with E-state index in [1.165, 1.54) is 6.20 Å². The van der Waals surface area contributed by atoms with Crippen LogP contribution in [-0.4, -0.2) is 75.4 Å². The van der Waals surface area contributed by atoms with E-state index in [9.17, 15) is 19.6 Å². The molecule has 0 bridgehead atoms. The molecule has 2 N–H and O–H groups in total. The molecule has 11 heteroatoms. The highest BCUT2D eigenvalue weighted by Gasteiger charge is 2.47. The molecule has 1 aromatic heterocycles. The fourth-order valence-corrected chi connectivity index (χ4v) is 4.39. The third-order valence-electron chi connectivity index (χ3n) is 6.28. The summed E-state index contributed by atoms with van der Waals surface area (Å²) in [6.45, 7) is 9.28. The topological polar surface area (TPSA) is 135 Å². The molecule has 180 valence electrons. The molecule has 4 rings (SSSR count). The van der Waals surface area contributed by atoms with Crippen molar-refractivity contribution in [3.8, 4) is 6.07 Å². The first-order valence-electron chi connectivity index (χ1n) is 11.4. The van der Waals surface area contributed by atoms with Crippen molar-refractivity contribution in [3.63, 3.8) is 0 Å². The fraction of sp³-hybridized carbons (Fsp3) is 0.565. The molecule has 0 aliphatic carbocycles. The summed E-state index contributed by atoms with van der Waals surface area (Å²) in [7, 11) is 0. The first-order valence-corrected chi connectivity index (χ1v) is 11.4. The second kappa shape index (κ2) is 8.59. The molecule has 11 nitrogen and oxygen atoms in total. The monoisotopic (exact) mass is 466 g/mol. The van der Waals surface area contributed by atoms with Crippen molar-refractivity contribution in [3.05, 3.63) is 23.8 Å². The van der Waals surface area contributed by atoms with Gasteiger partial charge < -0.3 is 15.5 Å². The molecule has 3 aliphatic rings. The molecule has 34 heavy (non-hydrogen) atoms. The number of carbonyl (C=O) groups is 3. The number of piperazine rings is 1. The van der Waals surface area contributed by atoms with Crippen LogP contribution >= 0.6 is 0 Å². The normalized spacial score (nSPS) is 21.6. The van der Waals surface area contributed by atoms with Gasteiger partial charge in [0.2, 0.25) is 17.7 Å². The number of hydrazine groups is 1. The summed E-state index contributed by atoms with van der Waals surface area (Å²) in [6.07, 6.45) is 5.75. The molecular formula is C23H30N8O3. The van der Waals surface area contributed by atoms with E-state index in [1.807, 2.05) is 11.1 Å². The van der Waals surface area contributed by atoms with E-state index in [0.29, 0.717) is 44.0 Å². The van der Waals surface area contributed by atoms with Gasteiger partial charge in [-0.25, -0.2) is 9.97 Å². The number of nitrogens with one attached hydrogen (secondary N) is 2. The van der Waals surface area contributed by atoms with Crippen molar-refractivity contribution in [1.82, 2.24) is 30.5 Å². The van der Waals surface area contributed by atoms with Crippen LogP contribution in [0.5, 0.6) is 0 Å². The molecule has 0 saturated carbocycles. The van der Waals surface area contributed by atoms with Crippen molar-refractivity contribution in [2.24, 2.45) is 5.41 Å². The Morgan fingerprint density at radius 1 is 1.29 bits per heavy atom. The van der Waals surface area contributed by atoms with Crippen LogP contribution in [0.15, 0.2) is 12.4 Å². The van der Waals surface area contributed by atoms with Gasteiger partial charge in [0, 0.05) is 25.8 Å². The van der Waals surface area contributed by atoms with Crippen LogP contribution in [0.25, 0.3) is 6.08 Å². The van der Waals surface area contributed by atoms with Crippen LogP contribution in [0.1, 0.15) is 51.9 Å². The van der Waals surface area contributed by atoms with Crippen LogP contribution < -0.4 is 15.6 Å². The van der Waals surface area contributed by atoms with E-state index >= 15 is 0 Å². The third-order valence-corrected chi connectivity index (χ3v) is 6.28. The molecule has 0 radical (unpaired) electrons. The van der Waals surface area contributed by atoms with Gasteiger partial charge in [-0.3, -0.25) is 24.4 Å². The van der Waals surface area contributed by atoms with Crippen molar-refractivity contribution in [2.75, 3.05) is 31.2 Å². The van der Waals surface area contributed by atoms with E-state index in [1.54, 1.807) is 29.1 Å². The molecule has 3 aliphatic heterocycles. The maximum Gasteiger partial charge on any atom is 0.246 e. The van der Waals surface area contributed by atoms with Gasteiger partial charge in [0.05, 0.1) is 6.20 Å². The minimum absolute atomic E-state index is 0.0765. The summed E-state index contributed by atoms with van der Waals surface area (Å²) in [5.41, 5.74) is -0.218. The number of fused-ring (bicyclic) bond motifs is 1. The lowest BCUT2D eigenvalue weighted by atomic mass is 9.84. The number of aromatic nitrogens is 2. The molecule has 4 heterocycles. The minimum Gasteiger partial charge on any atom is -0.343 e. The van der Waals surface area contributed by atoms with Crippen molar-refractivity contribution < 1.29 is 14.4 Å². The molecule has 1 unspecified atom stereocenters. The van der Waals surface area contributed by atoms with Gasteiger partial charge in [-0.2, -0.15) is 5.26 Å². The zero-order chi connectivity index (χ0) is 24.7. The average molecular weight is 467 g/mol. The van der Waals surface area contributed by atoms with Gasteiger partial charge in [0.1, 0.15) is 29.9 Å². The third kappa shape index (κ3) is 4.53. The van der Waals surface area contributed by atoms with Crippen LogP contribution in [0.4, 0.5) is 5.82 Å². The molecule has 1 spiro atoms. The lowest BCUT2D eigenvalue weighted by Gasteiger charge is -2.45. The predicted molar refractivity (Wildman–Crippen MR) is 124 cm³/mol. The van der Waals surface area contributed by atoms with Crippen molar-refractivity contribution >= 4 is 29.6 Å². The molecule has 1 aromatic rings. The number of nitrogens with zero attached hydrogens (tertiary/aromatic N) is 6. The van der Waals surface area contributed by atoms with Gasteiger partial charge in [-0.1, -0.05) is 20.8 Å². The number of likely N-dealkylation sites (tertiary alicyclic amines) is 1.